The van der Waals surface area contributed by atoms with Crippen LogP contribution in [0.2, 0.25) is 0 Å². The number of nitrogens with zero attached hydrogens (tertiary/aromatic N) is 5. The van der Waals surface area contributed by atoms with Gasteiger partial charge < -0.3 is 15.1 Å². The highest BCUT2D eigenvalue weighted by atomic mass is 19.1. The SMILES string of the molecule is Cc1nc(NCc2cccnc2)cc(N2CCN(c3ccccc3F)CC2)n1. The van der Waals surface area contributed by atoms with Gasteiger partial charge >= 0.3 is 0 Å². The standard InChI is InChI=1S/C21H23FN6/c1-16-25-20(24-15-17-5-4-8-23-14-17)13-21(26-16)28-11-9-27(10-12-28)19-7-3-2-6-18(19)22/h2-8,13-14H,9-12,15H2,1H3,(H,24,25,26). The molecule has 0 atom stereocenters. The first-order chi connectivity index (χ1) is 13.7. The zero-order valence-electron chi connectivity index (χ0n) is 15.8. The number of hydrogen-bond acceptors (Lipinski definition) is 6. The molecule has 0 unspecified atom stereocenters. The van der Waals surface area contributed by atoms with Crippen LogP contribution < -0.4 is 15.1 Å². The van der Waals surface area contributed by atoms with Crippen LogP contribution in [0.5, 0.6) is 0 Å². The van der Waals surface area contributed by atoms with Crippen molar-refractivity contribution in [2.45, 2.75) is 13.5 Å². The molecule has 28 heavy (non-hydrogen) atoms. The summed E-state index contributed by atoms with van der Waals surface area (Å²) in [4.78, 5) is 17.5. The first kappa shape index (κ1) is 18.2. The number of hydrogen-bond donors (Lipinski definition) is 1. The van der Waals surface area contributed by atoms with Crippen molar-refractivity contribution in [2.24, 2.45) is 0 Å². The lowest BCUT2D eigenvalue weighted by Gasteiger charge is -2.37. The van der Waals surface area contributed by atoms with Crippen LogP contribution in [0.1, 0.15) is 11.4 Å². The van der Waals surface area contributed by atoms with Crippen molar-refractivity contribution in [1.29, 1.82) is 0 Å². The van der Waals surface area contributed by atoms with Crippen LogP contribution in [0.3, 0.4) is 0 Å². The predicted molar refractivity (Wildman–Crippen MR) is 109 cm³/mol. The highest BCUT2D eigenvalue weighted by Crippen LogP contribution is 2.23. The lowest BCUT2D eigenvalue weighted by molar-refractivity contribution is 0.596. The van der Waals surface area contributed by atoms with Crippen LogP contribution in [0.4, 0.5) is 21.7 Å². The summed E-state index contributed by atoms with van der Waals surface area (Å²) >= 11 is 0. The van der Waals surface area contributed by atoms with Gasteiger partial charge in [0.2, 0.25) is 0 Å². The van der Waals surface area contributed by atoms with Crippen molar-refractivity contribution in [2.75, 3.05) is 41.3 Å². The topological polar surface area (TPSA) is 57.2 Å². The van der Waals surface area contributed by atoms with Crippen LogP contribution in [-0.4, -0.2) is 41.1 Å². The molecule has 3 heterocycles. The monoisotopic (exact) mass is 378 g/mol. The second kappa shape index (κ2) is 8.21. The van der Waals surface area contributed by atoms with Crippen LogP contribution >= 0.6 is 0 Å². The minimum atomic E-state index is -0.171. The van der Waals surface area contributed by atoms with Crippen LogP contribution in [0.15, 0.2) is 54.9 Å². The van der Waals surface area contributed by atoms with E-state index in [9.17, 15) is 4.39 Å². The Labute approximate surface area is 164 Å². The van der Waals surface area contributed by atoms with Gasteiger partial charge in [0.05, 0.1) is 5.69 Å². The van der Waals surface area contributed by atoms with Crippen molar-refractivity contribution in [3.05, 3.63) is 72.1 Å². The lowest BCUT2D eigenvalue weighted by atomic mass is 10.2. The minimum absolute atomic E-state index is 0.171. The fourth-order valence-corrected chi connectivity index (χ4v) is 3.38. The second-order valence-electron chi connectivity index (χ2n) is 6.80. The molecule has 1 N–H and O–H groups in total. The Hall–Kier alpha value is -3.22. The van der Waals surface area contributed by atoms with Gasteiger partial charge in [-0.1, -0.05) is 18.2 Å². The molecule has 0 amide bonds. The maximum Gasteiger partial charge on any atom is 0.146 e. The number of pyridine rings is 1. The molecule has 7 heteroatoms. The van der Waals surface area contributed by atoms with Gasteiger partial charge in [-0.2, -0.15) is 0 Å². The highest BCUT2D eigenvalue weighted by Gasteiger charge is 2.21. The fraction of sp³-hybridized carbons (Fsp3) is 0.286. The third-order valence-electron chi connectivity index (χ3n) is 4.82. The quantitative estimate of drug-likeness (QED) is 0.736. The number of piperazine rings is 1. The Morgan fingerprint density at radius 1 is 1.00 bits per heavy atom. The van der Waals surface area contributed by atoms with E-state index in [1.54, 1.807) is 12.3 Å². The number of nitrogens with one attached hydrogen (secondary N) is 1. The van der Waals surface area contributed by atoms with E-state index in [1.807, 2.05) is 43.5 Å². The summed E-state index contributed by atoms with van der Waals surface area (Å²) in [6, 6.07) is 12.9. The van der Waals surface area contributed by atoms with Gasteiger partial charge in [0, 0.05) is 51.2 Å². The summed E-state index contributed by atoms with van der Waals surface area (Å²) in [5.74, 6) is 2.25. The molecule has 1 fully saturated rings. The molecule has 1 aromatic carbocycles. The lowest BCUT2D eigenvalue weighted by Crippen LogP contribution is -2.47. The van der Waals surface area contributed by atoms with E-state index in [1.165, 1.54) is 6.07 Å². The largest absolute Gasteiger partial charge is 0.366 e. The second-order valence-corrected chi connectivity index (χ2v) is 6.80. The summed E-state index contributed by atoms with van der Waals surface area (Å²) < 4.78 is 14.0. The van der Waals surface area contributed by atoms with Gasteiger partial charge in [-0.15, -0.1) is 0 Å². The number of anilines is 3. The average Bonchev–Trinajstić information content (AvgIpc) is 2.73. The fourth-order valence-electron chi connectivity index (χ4n) is 3.38. The Bertz CT molecular complexity index is 925. The van der Waals surface area contributed by atoms with E-state index in [2.05, 4.69) is 30.1 Å². The molecule has 2 aromatic heterocycles. The Morgan fingerprint density at radius 3 is 2.54 bits per heavy atom. The number of aryl methyl sites for hydroxylation is 1. The van der Waals surface area contributed by atoms with E-state index in [-0.39, 0.29) is 5.82 Å². The normalized spacial score (nSPS) is 14.2. The first-order valence-corrected chi connectivity index (χ1v) is 9.42. The summed E-state index contributed by atoms with van der Waals surface area (Å²) in [5.41, 5.74) is 1.76. The zero-order chi connectivity index (χ0) is 19.3. The summed E-state index contributed by atoms with van der Waals surface area (Å²) in [6.07, 6.45) is 3.60. The Morgan fingerprint density at radius 2 is 1.79 bits per heavy atom. The van der Waals surface area contributed by atoms with Gasteiger partial charge in [0.25, 0.3) is 0 Å². The molecule has 3 aromatic rings. The Balaban J connectivity index is 1.42. The Kier molecular flexibility index (Phi) is 5.32. The number of benzene rings is 1. The molecule has 1 aliphatic rings. The van der Waals surface area contributed by atoms with Gasteiger partial charge in [-0.3, -0.25) is 4.98 Å². The van der Waals surface area contributed by atoms with Crippen LogP contribution in [0.25, 0.3) is 0 Å². The summed E-state index contributed by atoms with van der Waals surface area (Å²) in [7, 11) is 0. The van der Waals surface area contributed by atoms with Gasteiger partial charge in [-0.25, -0.2) is 14.4 Å². The molecule has 0 saturated carbocycles. The predicted octanol–water partition coefficient (Wildman–Crippen LogP) is 3.26. The molecule has 144 valence electrons. The maximum absolute atomic E-state index is 14.0. The third kappa shape index (κ3) is 4.19. The van der Waals surface area contributed by atoms with Gasteiger partial charge in [0.1, 0.15) is 23.3 Å². The van der Waals surface area contributed by atoms with E-state index in [0.29, 0.717) is 12.2 Å². The molecule has 6 nitrogen and oxygen atoms in total. The van der Waals surface area contributed by atoms with E-state index in [4.69, 9.17) is 0 Å². The van der Waals surface area contributed by atoms with Gasteiger partial charge in [0.15, 0.2) is 0 Å². The van der Waals surface area contributed by atoms with Crippen molar-refractivity contribution >= 4 is 17.3 Å². The molecule has 0 spiro atoms. The highest BCUT2D eigenvalue weighted by molar-refractivity contribution is 5.53. The first-order valence-electron chi connectivity index (χ1n) is 9.42. The van der Waals surface area contributed by atoms with Crippen LogP contribution in [-0.2, 0) is 6.54 Å². The maximum atomic E-state index is 14.0. The average molecular weight is 378 g/mol. The smallest absolute Gasteiger partial charge is 0.146 e. The van der Waals surface area contributed by atoms with Crippen molar-refractivity contribution in [1.82, 2.24) is 15.0 Å². The van der Waals surface area contributed by atoms with Gasteiger partial charge in [-0.05, 0) is 30.7 Å². The molecule has 1 aliphatic heterocycles. The zero-order valence-corrected chi connectivity index (χ0v) is 15.8. The molecular weight excluding hydrogens is 355 g/mol. The van der Waals surface area contributed by atoms with E-state index >= 15 is 0 Å². The third-order valence-corrected chi connectivity index (χ3v) is 4.82. The minimum Gasteiger partial charge on any atom is -0.366 e. The number of aromatic nitrogens is 3. The molecular formula is C21H23FN6. The molecule has 4 rings (SSSR count). The van der Waals surface area contributed by atoms with E-state index < -0.39 is 0 Å². The molecule has 0 bridgehead atoms. The number of rotatable bonds is 5. The van der Waals surface area contributed by atoms with Crippen molar-refractivity contribution in [3.8, 4) is 0 Å². The van der Waals surface area contributed by atoms with Crippen LogP contribution in [0, 0.1) is 12.7 Å². The van der Waals surface area contributed by atoms with Crippen molar-refractivity contribution in [3.63, 3.8) is 0 Å². The molecule has 1 saturated heterocycles. The molecule has 0 radical (unpaired) electrons. The summed E-state index contributed by atoms with van der Waals surface area (Å²) in [5, 5.41) is 3.35. The summed E-state index contributed by atoms with van der Waals surface area (Å²) in [6.45, 7) is 5.63. The van der Waals surface area contributed by atoms with E-state index in [0.717, 1.165) is 49.2 Å². The number of para-hydroxylation sites is 1. The van der Waals surface area contributed by atoms with Crippen molar-refractivity contribution < 1.29 is 4.39 Å². The number of halogens is 1. The molecule has 0 aliphatic carbocycles.